The maximum atomic E-state index is 11.0. The smallest absolute Gasteiger partial charge is 0.290 e. The minimum absolute atomic E-state index is 0.0438. The molecule has 19 heavy (non-hydrogen) atoms. The van der Waals surface area contributed by atoms with Crippen LogP contribution in [0.5, 0.6) is 0 Å². The fourth-order valence-electron chi connectivity index (χ4n) is 2.29. The lowest BCUT2D eigenvalue weighted by atomic mass is 10.2. The first-order valence-corrected chi connectivity index (χ1v) is 6.93. The summed E-state index contributed by atoms with van der Waals surface area (Å²) in [6, 6.07) is 0.0438. The van der Waals surface area contributed by atoms with Crippen molar-refractivity contribution in [3.05, 3.63) is 28.3 Å². The van der Waals surface area contributed by atoms with Crippen LogP contribution in [0.25, 0.3) is 0 Å². The van der Waals surface area contributed by atoms with Gasteiger partial charge >= 0.3 is 0 Å². The zero-order chi connectivity index (χ0) is 13.2. The summed E-state index contributed by atoms with van der Waals surface area (Å²) < 4.78 is 5.14. The summed E-state index contributed by atoms with van der Waals surface area (Å²) in [6.45, 7) is 1.71. The molecule has 0 spiro atoms. The fraction of sp³-hybridized carbons (Fsp3) is 0.455. The van der Waals surface area contributed by atoms with Crippen LogP contribution < -0.4 is 5.73 Å². The molecule has 3 rings (SSSR count). The molecular formula is C11H13N5O2S. The van der Waals surface area contributed by atoms with E-state index >= 15 is 0 Å². The molecule has 2 aromatic heterocycles. The molecule has 0 saturated carbocycles. The highest BCUT2D eigenvalue weighted by molar-refractivity contribution is 7.07. The van der Waals surface area contributed by atoms with Crippen LogP contribution in [-0.4, -0.2) is 32.5 Å². The third kappa shape index (κ3) is 2.49. The molecule has 0 radical (unpaired) electrons. The average Bonchev–Trinajstić information content (AvgIpc) is 3.09. The van der Waals surface area contributed by atoms with Crippen LogP contribution in [0.4, 0.5) is 0 Å². The molecular weight excluding hydrogens is 266 g/mol. The number of amides is 1. The first-order chi connectivity index (χ1) is 9.24. The lowest BCUT2D eigenvalue weighted by Crippen LogP contribution is -2.23. The number of thiazole rings is 1. The summed E-state index contributed by atoms with van der Waals surface area (Å²) in [5.41, 5.74) is 7.98. The topological polar surface area (TPSA) is 98.1 Å². The van der Waals surface area contributed by atoms with E-state index in [0.29, 0.717) is 5.89 Å². The number of aromatic nitrogens is 3. The Hall–Kier alpha value is -1.80. The molecule has 0 aliphatic carbocycles. The number of nitrogens with two attached hydrogens (primary N) is 1. The number of carbonyl (C=O) groups is 1. The Morgan fingerprint density at radius 1 is 1.63 bits per heavy atom. The lowest BCUT2D eigenvalue weighted by Gasteiger charge is -2.19. The van der Waals surface area contributed by atoms with Crippen molar-refractivity contribution in [2.45, 2.75) is 25.4 Å². The zero-order valence-corrected chi connectivity index (χ0v) is 11.0. The van der Waals surface area contributed by atoms with E-state index in [4.69, 9.17) is 10.3 Å². The molecule has 8 heteroatoms. The lowest BCUT2D eigenvalue weighted by molar-refractivity contribution is 0.0987. The maximum absolute atomic E-state index is 11.0. The van der Waals surface area contributed by atoms with Gasteiger partial charge in [0.05, 0.1) is 17.2 Å². The Morgan fingerprint density at radius 2 is 2.53 bits per heavy atom. The second kappa shape index (κ2) is 5.06. The van der Waals surface area contributed by atoms with Crippen molar-refractivity contribution in [2.75, 3.05) is 6.54 Å². The van der Waals surface area contributed by atoms with Gasteiger partial charge in [0.1, 0.15) is 0 Å². The van der Waals surface area contributed by atoms with E-state index in [1.165, 1.54) is 0 Å². The van der Waals surface area contributed by atoms with Gasteiger partial charge in [0.25, 0.3) is 11.7 Å². The Morgan fingerprint density at radius 3 is 3.21 bits per heavy atom. The van der Waals surface area contributed by atoms with Gasteiger partial charge in [-0.3, -0.25) is 9.69 Å². The molecule has 1 amide bonds. The van der Waals surface area contributed by atoms with Crippen molar-refractivity contribution < 1.29 is 9.32 Å². The van der Waals surface area contributed by atoms with Gasteiger partial charge in [-0.15, -0.1) is 11.3 Å². The van der Waals surface area contributed by atoms with Crippen LogP contribution in [0, 0.1) is 0 Å². The van der Waals surface area contributed by atoms with Crippen molar-refractivity contribution in [1.82, 2.24) is 20.0 Å². The molecule has 3 heterocycles. The fourth-order valence-corrected chi connectivity index (χ4v) is 2.84. The number of carbonyl (C=O) groups excluding carboxylic acids is 1. The summed E-state index contributed by atoms with van der Waals surface area (Å²) in [7, 11) is 0. The van der Waals surface area contributed by atoms with Crippen molar-refractivity contribution in [1.29, 1.82) is 0 Å². The molecule has 1 saturated heterocycles. The summed E-state index contributed by atoms with van der Waals surface area (Å²) in [4.78, 5) is 21.5. The molecule has 0 aromatic carbocycles. The van der Waals surface area contributed by atoms with Crippen LogP contribution in [0.1, 0.15) is 41.1 Å². The van der Waals surface area contributed by atoms with E-state index in [-0.39, 0.29) is 11.9 Å². The van der Waals surface area contributed by atoms with Crippen molar-refractivity contribution in [2.24, 2.45) is 5.73 Å². The van der Waals surface area contributed by atoms with Crippen molar-refractivity contribution >= 4 is 17.2 Å². The first kappa shape index (κ1) is 12.2. The summed E-state index contributed by atoms with van der Waals surface area (Å²) in [5, 5.41) is 5.62. The third-order valence-electron chi connectivity index (χ3n) is 3.16. The molecule has 1 atom stereocenters. The average molecular weight is 279 g/mol. The maximum Gasteiger partial charge on any atom is 0.290 e. The van der Waals surface area contributed by atoms with Crippen molar-refractivity contribution in [3.8, 4) is 0 Å². The highest BCUT2D eigenvalue weighted by Gasteiger charge is 2.31. The van der Waals surface area contributed by atoms with E-state index in [1.807, 2.05) is 10.9 Å². The number of primary amides is 1. The van der Waals surface area contributed by atoms with Gasteiger partial charge in [-0.05, 0) is 19.4 Å². The van der Waals surface area contributed by atoms with Gasteiger partial charge in [-0.1, -0.05) is 5.16 Å². The Kier molecular flexibility index (Phi) is 3.26. The monoisotopic (exact) mass is 279 g/mol. The number of hydrogen-bond donors (Lipinski definition) is 1. The van der Waals surface area contributed by atoms with Gasteiger partial charge in [-0.2, -0.15) is 4.98 Å². The van der Waals surface area contributed by atoms with Gasteiger partial charge in [0, 0.05) is 11.9 Å². The van der Waals surface area contributed by atoms with Gasteiger partial charge in [-0.25, -0.2) is 4.98 Å². The van der Waals surface area contributed by atoms with Gasteiger partial charge in [0.2, 0.25) is 5.89 Å². The molecule has 100 valence electrons. The Bertz CT molecular complexity index is 567. The van der Waals surface area contributed by atoms with Crippen LogP contribution in [-0.2, 0) is 6.54 Å². The van der Waals surface area contributed by atoms with E-state index in [1.54, 1.807) is 11.3 Å². The van der Waals surface area contributed by atoms with Crippen molar-refractivity contribution in [3.63, 3.8) is 0 Å². The summed E-state index contributed by atoms with van der Waals surface area (Å²) in [5.74, 6) is -0.268. The largest absolute Gasteiger partial charge is 0.363 e. The summed E-state index contributed by atoms with van der Waals surface area (Å²) in [6.07, 6.45) is 1.99. The second-order valence-electron chi connectivity index (χ2n) is 4.43. The zero-order valence-electron chi connectivity index (χ0n) is 10.2. The van der Waals surface area contributed by atoms with E-state index in [9.17, 15) is 4.79 Å². The number of rotatable bonds is 4. The number of likely N-dealkylation sites (tertiary alicyclic amines) is 1. The first-order valence-electron chi connectivity index (χ1n) is 5.98. The normalized spacial score (nSPS) is 19.9. The molecule has 0 unspecified atom stereocenters. The van der Waals surface area contributed by atoms with Gasteiger partial charge < -0.3 is 10.3 Å². The van der Waals surface area contributed by atoms with Crippen LogP contribution in [0.15, 0.2) is 15.4 Å². The molecule has 1 fully saturated rings. The Balaban J connectivity index is 1.76. The van der Waals surface area contributed by atoms with Gasteiger partial charge in [0.15, 0.2) is 0 Å². The van der Waals surface area contributed by atoms with E-state index in [2.05, 4.69) is 20.0 Å². The quantitative estimate of drug-likeness (QED) is 0.895. The molecule has 2 aromatic rings. The van der Waals surface area contributed by atoms with E-state index in [0.717, 1.165) is 31.6 Å². The molecule has 0 bridgehead atoms. The highest BCUT2D eigenvalue weighted by Crippen LogP contribution is 2.32. The predicted octanol–water partition coefficient (Wildman–Crippen LogP) is 0.962. The third-order valence-corrected chi connectivity index (χ3v) is 3.79. The molecule has 1 aliphatic heterocycles. The van der Waals surface area contributed by atoms with Crippen LogP contribution in [0.2, 0.25) is 0 Å². The summed E-state index contributed by atoms with van der Waals surface area (Å²) >= 11 is 1.58. The minimum atomic E-state index is -0.668. The highest BCUT2D eigenvalue weighted by atomic mass is 32.1. The molecule has 7 nitrogen and oxygen atoms in total. The number of nitrogens with zero attached hydrogens (tertiary/aromatic N) is 4. The standard InChI is InChI=1S/C11H13N5O2S/c12-9(17)10-14-11(18-15-10)8-2-1-3-16(8)4-7-5-19-6-13-7/h5-6,8H,1-4H2,(H2,12,17)/t8-/m0/s1. The minimum Gasteiger partial charge on any atom is -0.363 e. The second-order valence-corrected chi connectivity index (χ2v) is 5.15. The number of hydrogen-bond acceptors (Lipinski definition) is 7. The van der Waals surface area contributed by atoms with Crippen LogP contribution >= 0.6 is 11.3 Å². The van der Waals surface area contributed by atoms with Crippen LogP contribution in [0.3, 0.4) is 0 Å². The van der Waals surface area contributed by atoms with E-state index < -0.39 is 5.91 Å². The predicted molar refractivity (Wildman–Crippen MR) is 67.3 cm³/mol. The Labute approximate surface area is 113 Å². The molecule has 2 N–H and O–H groups in total. The molecule has 1 aliphatic rings. The SMILES string of the molecule is NC(=O)c1noc([C@@H]2CCCN2Cc2cscn2)n1.